The number of fused-ring (bicyclic) bond motifs is 1. The van der Waals surface area contributed by atoms with Crippen molar-refractivity contribution in [1.29, 1.82) is 0 Å². The van der Waals surface area contributed by atoms with Crippen LogP contribution in [0.4, 0.5) is 0 Å². The van der Waals surface area contributed by atoms with E-state index >= 15 is 0 Å². The van der Waals surface area contributed by atoms with Crippen molar-refractivity contribution in [3.05, 3.63) is 65.3 Å². The third kappa shape index (κ3) is 4.32. The Bertz CT molecular complexity index is 1140. The SMILES string of the molecule is CCOC(=O)C(C)(C)OCc1cc2cc(Cl)ccc2n1S(=O)(=O)c1ccccc1. The lowest BCUT2D eigenvalue weighted by atomic mass is 10.1. The topological polar surface area (TPSA) is 74.6 Å². The molecular formula is C21H22ClNO5S. The van der Waals surface area contributed by atoms with Gasteiger partial charge in [-0.25, -0.2) is 17.2 Å². The fourth-order valence-electron chi connectivity index (χ4n) is 2.92. The van der Waals surface area contributed by atoms with E-state index in [9.17, 15) is 13.2 Å². The maximum atomic E-state index is 13.4. The van der Waals surface area contributed by atoms with Crippen LogP contribution in [0.15, 0.2) is 59.5 Å². The van der Waals surface area contributed by atoms with Crippen molar-refractivity contribution in [2.24, 2.45) is 0 Å². The summed E-state index contributed by atoms with van der Waals surface area (Å²) in [6.07, 6.45) is 0. The van der Waals surface area contributed by atoms with Gasteiger partial charge in [-0.05, 0) is 57.2 Å². The zero-order chi connectivity index (χ0) is 21.2. The van der Waals surface area contributed by atoms with E-state index < -0.39 is 21.6 Å². The zero-order valence-corrected chi connectivity index (χ0v) is 18.0. The zero-order valence-electron chi connectivity index (χ0n) is 16.4. The standard InChI is InChI=1S/C21H22ClNO5S/c1-4-27-20(24)21(2,3)28-14-17-13-15-12-16(22)10-11-19(15)23(17)29(25,26)18-8-6-5-7-9-18/h5-13H,4,14H2,1-3H3. The summed E-state index contributed by atoms with van der Waals surface area (Å²) in [6, 6.07) is 14.8. The lowest BCUT2D eigenvalue weighted by Gasteiger charge is -2.23. The molecule has 8 heteroatoms. The Hall–Kier alpha value is -2.35. The third-order valence-electron chi connectivity index (χ3n) is 4.42. The fourth-order valence-corrected chi connectivity index (χ4v) is 4.65. The molecule has 0 N–H and O–H groups in total. The molecule has 0 bridgehead atoms. The predicted molar refractivity (Wildman–Crippen MR) is 111 cm³/mol. The summed E-state index contributed by atoms with van der Waals surface area (Å²) < 4.78 is 38.7. The Balaban J connectivity index is 2.08. The van der Waals surface area contributed by atoms with Gasteiger partial charge in [-0.15, -0.1) is 0 Å². The molecule has 6 nitrogen and oxygen atoms in total. The van der Waals surface area contributed by atoms with E-state index in [-0.39, 0.29) is 18.1 Å². The van der Waals surface area contributed by atoms with Gasteiger partial charge in [0.05, 0.1) is 29.3 Å². The van der Waals surface area contributed by atoms with Gasteiger partial charge in [0, 0.05) is 10.4 Å². The molecule has 0 atom stereocenters. The van der Waals surface area contributed by atoms with E-state index in [0.29, 0.717) is 21.6 Å². The molecule has 0 amide bonds. The summed E-state index contributed by atoms with van der Waals surface area (Å²) in [5.41, 5.74) is -0.375. The minimum Gasteiger partial charge on any atom is -0.464 e. The Morgan fingerprint density at radius 1 is 1.10 bits per heavy atom. The van der Waals surface area contributed by atoms with Crippen molar-refractivity contribution in [2.75, 3.05) is 6.61 Å². The van der Waals surface area contributed by atoms with Gasteiger partial charge >= 0.3 is 5.97 Å². The number of hydrogen-bond acceptors (Lipinski definition) is 5. The highest BCUT2D eigenvalue weighted by molar-refractivity contribution is 7.90. The number of ether oxygens (including phenoxy) is 2. The van der Waals surface area contributed by atoms with Crippen LogP contribution in [-0.4, -0.2) is 30.6 Å². The van der Waals surface area contributed by atoms with Gasteiger partial charge < -0.3 is 9.47 Å². The van der Waals surface area contributed by atoms with Gasteiger partial charge in [0.25, 0.3) is 10.0 Å². The van der Waals surface area contributed by atoms with Crippen LogP contribution in [0.5, 0.6) is 0 Å². The average Bonchev–Trinajstić information content (AvgIpc) is 3.05. The number of rotatable bonds is 7. The van der Waals surface area contributed by atoms with Crippen LogP contribution >= 0.6 is 11.6 Å². The highest BCUT2D eigenvalue weighted by Gasteiger charge is 2.31. The van der Waals surface area contributed by atoms with Crippen molar-refractivity contribution < 1.29 is 22.7 Å². The molecule has 0 fully saturated rings. The molecule has 1 aromatic heterocycles. The van der Waals surface area contributed by atoms with Gasteiger partial charge in [0.1, 0.15) is 0 Å². The molecule has 1 heterocycles. The van der Waals surface area contributed by atoms with Crippen LogP contribution in [0.2, 0.25) is 5.02 Å². The quantitative estimate of drug-likeness (QED) is 0.514. The van der Waals surface area contributed by atoms with Gasteiger partial charge in [0.2, 0.25) is 0 Å². The fraction of sp³-hybridized carbons (Fsp3) is 0.286. The maximum absolute atomic E-state index is 13.4. The van der Waals surface area contributed by atoms with Gasteiger partial charge in [-0.3, -0.25) is 0 Å². The minimum atomic E-state index is -3.89. The molecule has 0 spiro atoms. The average molecular weight is 436 g/mol. The van der Waals surface area contributed by atoms with Crippen molar-refractivity contribution in [3.8, 4) is 0 Å². The second kappa shape index (κ2) is 8.18. The third-order valence-corrected chi connectivity index (χ3v) is 6.44. The smallest absolute Gasteiger partial charge is 0.337 e. The summed E-state index contributed by atoms with van der Waals surface area (Å²) in [4.78, 5) is 12.3. The second-order valence-electron chi connectivity index (χ2n) is 6.94. The molecule has 29 heavy (non-hydrogen) atoms. The molecule has 0 saturated carbocycles. The molecule has 0 aliphatic carbocycles. The normalized spacial score (nSPS) is 12.3. The summed E-state index contributed by atoms with van der Waals surface area (Å²) >= 11 is 6.09. The van der Waals surface area contributed by atoms with Crippen molar-refractivity contribution >= 4 is 38.5 Å². The molecule has 3 aromatic rings. The Labute approximate surface area is 175 Å². The Morgan fingerprint density at radius 2 is 1.79 bits per heavy atom. The van der Waals surface area contributed by atoms with Gasteiger partial charge in [-0.2, -0.15) is 0 Å². The lowest BCUT2D eigenvalue weighted by molar-refractivity contribution is -0.169. The van der Waals surface area contributed by atoms with Gasteiger partial charge in [-0.1, -0.05) is 29.8 Å². The van der Waals surface area contributed by atoms with Crippen LogP contribution < -0.4 is 0 Å². The number of hydrogen-bond donors (Lipinski definition) is 0. The van der Waals surface area contributed by atoms with E-state index in [4.69, 9.17) is 21.1 Å². The predicted octanol–water partition coefficient (Wildman–Crippen LogP) is 4.39. The van der Waals surface area contributed by atoms with Crippen LogP contribution in [-0.2, 0) is 30.9 Å². The molecule has 0 aliphatic rings. The summed E-state index contributed by atoms with van der Waals surface area (Å²) in [5.74, 6) is -0.517. The Morgan fingerprint density at radius 3 is 2.45 bits per heavy atom. The van der Waals surface area contributed by atoms with Gasteiger partial charge in [0.15, 0.2) is 5.60 Å². The summed E-state index contributed by atoms with van der Waals surface area (Å²) in [5, 5.41) is 1.15. The summed E-state index contributed by atoms with van der Waals surface area (Å²) in [7, 11) is -3.89. The molecule has 0 unspecified atom stereocenters. The van der Waals surface area contributed by atoms with E-state index in [1.807, 2.05) is 0 Å². The van der Waals surface area contributed by atoms with E-state index in [1.54, 1.807) is 63.2 Å². The first kappa shape index (κ1) is 21.4. The molecule has 0 aliphatic heterocycles. The summed E-state index contributed by atoms with van der Waals surface area (Å²) in [6.45, 7) is 5.00. The van der Waals surface area contributed by atoms with Crippen molar-refractivity contribution in [2.45, 2.75) is 37.9 Å². The number of carbonyl (C=O) groups excluding carboxylic acids is 1. The molecule has 0 saturated heterocycles. The van der Waals surface area contributed by atoms with E-state index in [1.165, 1.54) is 16.1 Å². The van der Waals surface area contributed by atoms with Crippen molar-refractivity contribution in [1.82, 2.24) is 3.97 Å². The van der Waals surface area contributed by atoms with E-state index in [2.05, 4.69) is 0 Å². The number of benzene rings is 2. The maximum Gasteiger partial charge on any atom is 0.337 e. The number of nitrogens with zero attached hydrogens (tertiary/aromatic N) is 1. The molecule has 2 aromatic carbocycles. The molecular weight excluding hydrogens is 414 g/mol. The van der Waals surface area contributed by atoms with E-state index in [0.717, 1.165) is 0 Å². The first-order valence-corrected chi connectivity index (χ1v) is 10.9. The second-order valence-corrected chi connectivity index (χ2v) is 9.16. The number of halogens is 1. The highest BCUT2D eigenvalue weighted by atomic mass is 35.5. The lowest BCUT2D eigenvalue weighted by Crippen LogP contribution is -2.37. The Kier molecular flexibility index (Phi) is 6.03. The first-order chi connectivity index (χ1) is 13.7. The first-order valence-electron chi connectivity index (χ1n) is 9.08. The van der Waals surface area contributed by atoms with Crippen LogP contribution in [0.3, 0.4) is 0 Å². The monoisotopic (exact) mass is 435 g/mol. The molecule has 3 rings (SSSR count). The minimum absolute atomic E-state index is 0.107. The van der Waals surface area contributed by atoms with Crippen LogP contribution in [0.1, 0.15) is 26.5 Å². The van der Waals surface area contributed by atoms with Crippen LogP contribution in [0.25, 0.3) is 10.9 Å². The molecule has 0 radical (unpaired) electrons. The highest BCUT2D eigenvalue weighted by Crippen LogP contribution is 2.29. The number of esters is 1. The molecule has 154 valence electrons. The number of carbonyl (C=O) groups is 1. The van der Waals surface area contributed by atoms with Crippen molar-refractivity contribution in [3.63, 3.8) is 0 Å². The largest absolute Gasteiger partial charge is 0.464 e. The number of aromatic nitrogens is 1. The van der Waals surface area contributed by atoms with Crippen LogP contribution in [0, 0.1) is 0 Å².